The first-order valence-electron chi connectivity index (χ1n) is 4.50. The first kappa shape index (κ1) is 10.3. The van der Waals surface area contributed by atoms with E-state index in [2.05, 4.69) is 37.5 Å². The van der Waals surface area contributed by atoms with Gasteiger partial charge in [0.1, 0.15) is 0 Å². The lowest BCUT2D eigenvalue weighted by atomic mass is 10.3. The van der Waals surface area contributed by atoms with E-state index in [1.165, 1.54) is 6.42 Å². The molecule has 0 N–H and O–H groups in total. The van der Waals surface area contributed by atoms with Crippen molar-refractivity contribution < 1.29 is 0 Å². The molecule has 0 spiro atoms. The van der Waals surface area contributed by atoms with Gasteiger partial charge < -0.3 is 4.90 Å². The minimum absolute atomic E-state index is 1.07. The Kier molecular flexibility index (Phi) is 6.97. The third kappa shape index (κ3) is 5.75. The molecule has 64 valence electrons. The zero-order chi connectivity index (χ0) is 8.53. The number of unbranched alkanes of at least 4 members (excludes halogenated alkanes) is 1. The summed E-state index contributed by atoms with van der Waals surface area (Å²) >= 11 is 0. The third-order valence-electron chi connectivity index (χ3n) is 1.62. The van der Waals surface area contributed by atoms with Crippen LogP contribution in [0.1, 0.15) is 33.6 Å². The van der Waals surface area contributed by atoms with Crippen molar-refractivity contribution in [2.75, 3.05) is 13.1 Å². The van der Waals surface area contributed by atoms with Crippen LogP contribution in [-0.4, -0.2) is 18.0 Å². The zero-order valence-corrected chi connectivity index (χ0v) is 7.93. The fourth-order valence-corrected chi connectivity index (χ4v) is 0.792. The van der Waals surface area contributed by atoms with Crippen LogP contribution in [0.4, 0.5) is 0 Å². The Morgan fingerprint density at radius 3 is 2.27 bits per heavy atom. The molecular formula is C10H19N. The van der Waals surface area contributed by atoms with Crippen LogP contribution in [0, 0.1) is 0 Å². The minimum atomic E-state index is 1.07. The second-order valence-corrected chi connectivity index (χ2v) is 2.51. The van der Waals surface area contributed by atoms with Crippen molar-refractivity contribution in [1.82, 2.24) is 4.90 Å². The Labute approximate surface area is 70.4 Å². The van der Waals surface area contributed by atoms with Gasteiger partial charge in [-0.25, -0.2) is 0 Å². The number of nitrogens with zero attached hydrogens (tertiary/aromatic N) is 1. The van der Waals surface area contributed by atoms with Gasteiger partial charge in [-0.2, -0.15) is 0 Å². The van der Waals surface area contributed by atoms with Gasteiger partial charge in [-0.3, -0.25) is 0 Å². The molecule has 0 rings (SSSR count). The normalized spacial score (nSPS) is 8.64. The van der Waals surface area contributed by atoms with Gasteiger partial charge in [0.2, 0.25) is 0 Å². The molecule has 0 aromatic carbocycles. The number of allylic oxidation sites excluding steroid dienone is 1. The van der Waals surface area contributed by atoms with E-state index in [1.54, 1.807) is 0 Å². The van der Waals surface area contributed by atoms with E-state index in [4.69, 9.17) is 0 Å². The van der Waals surface area contributed by atoms with Crippen LogP contribution in [0.3, 0.4) is 0 Å². The summed E-state index contributed by atoms with van der Waals surface area (Å²) in [5, 5.41) is 0. The maximum atomic E-state index is 3.16. The van der Waals surface area contributed by atoms with Gasteiger partial charge in [-0.1, -0.05) is 13.3 Å². The molecule has 0 heterocycles. The lowest BCUT2D eigenvalue weighted by Crippen LogP contribution is -2.14. The van der Waals surface area contributed by atoms with Crippen LogP contribution in [0.15, 0.2) is 18.0 Å². The van der Waals surface area contributed by atoms with Crippen molar-refractivity contribution in [3.05, 3.63) is 18.0 Å². The highest BCUT2D eigenvalue weighted by atomic mass is 15.1. The molecule has 0 bridgehead atoms. The van der Waals surface area contributed by atoms with Crippen LogP contribution in [-0.2, 0) is 0 Å². The van der Waals surface area contributed by atoms with Gasteiger partial charge in [0.25, 0.3) is 0 Å². The number of hydrogen-bond acceptors (Lipinski definition) is 1. The summed E-state index contributed by atoms with van der Waals surface area (Å²) in [4.78, 5) is 2.23. The summed E-state index contributed by atoms with van der Waals surface area (Å²) in [6.45, 7) is 8.63. The molecule has 0 radical (unpaired) electrons. The molecule has 0 amide bonds. The molecule has 0 unspecified atom stereocenters. The summed E-state index contributed by atoms with van der Waals surface area (Å²) in [5.41, 5.74) is 3.16. The Morgan fingerprint density at radius 1 is 1.18 bits per heavy atom. The lowest BCUT2D eigenvalue weighted by Gasteiger charge is -2.12. The molecule has 0 aromatic rings. The van der Waals surface area contributed by atoms with Crippen LogP contribution in [0.25, 0.3) is 0 Å². The molecule has 0 aliphatic rings. The average molecular weight is 153 g/mol. The summed E-state index contributed by atoms with van der Waals surface area (Å²) in [7, 11) is 0. The van der Waals surface area contributed by atoms with Crippen molar-refractivity contribution in [2.24, 2.45) is 0 Å². The van der Waals surface area contributed by atoms with Crippen LogP contribution in [0.5, 0.6) is 0 Å². The highest BCUT2D eigenvalue weighted by Gasteiger charge is 1.85. The molecule has 0 aliphatic carbocycles. The summed E-state index contributed by atoms with van der Waals surface area (Å²) in [6, 6.07) is 0. The van der Waals surface area contributed by atoms with Crippen LogP contribution < -0.4 is 0 Å². The van der Waals surface area contributed by atoms with Gasteiger partial charge in [-0.05, 0) is 26.3 Å². The standard InChI is InChI=1S/C10H19N/c1-4-7-8-9-10-11(5-2)6-3/h8,10H,4-7H2,1-3H3. The van der Waals surface area contributed by atoms with Crippen LogP contribution in [0.2, 0.25) is 0 Å². The quantitative estimate of drug-likeness (QED) is 0.549. The molecule has 1 nitrogen and oxygen atoms in total. The van der Waals surface area contributed by atoms with E-state index in [1.807, 2.05) is 6.20 Å². The van der Waals surface area contributed by atoms with E-state index in [0.717, 1.165) is 19.5 Å². The molecule has 0 saturated heterocycles. The molecular weight excluding hydrogens is 134 g/mol. The summed E-state index contributed by atoms with van der Waals surface area (Å²) in [5.74, 6) is 0. The van der Waals surface area contributed by atoms with E-state index >= 15 is 0 Å². The first-order chi connectivity index (χ1) is 5.35. The fourth-order valence-electron chi connectivity index (χ4n) is 0.792. The topological polar surface area (TPSA) is 3.24 Å². The monoisotopic (exact) mass is 153 g/mol. The molecule has 0 atom stereocenters. The first-order valence-corrected chi connectivity index (χ1v) is 4.50. The SMILES string of the molecule is CCCC=C=CN(CC)CC. The fraction of sp³-hybridized carbons (Fsp3) is 0.700. The minimum Gasteiger partial charge on any atom is -0.372 e. The van der Waals surface area contributed by atoms with Crippen molar-refractivity contribution >= 4 is 0 Å². The zero-order valence-electron chi connectivity index (χ0n) is 7.93. The molecule has 0 fully saturated rings. The van der Waals surface area contributed by atoms with E-state index in [9.17, 15) is 0 Å². The second-order valence-electron chi connectivity index (χ2n) is 2.51. The summed E-state index contributed by atoms with van der Waals surface area (Å²) < 4.78 is 0. The highest BCUT2D eigenvalue weighted by Crippen LogP contribution is 1.89. The maximum Gasteiger partial charge on any atom is 0.0420 e. The molecule has 11 heavy (non-hydrogen) atoms. The highest BCUT2D eigenvalue weighted by molar-refractivity contribution is 4.84. The second kappa shape index (κ2) is 7.43. The van der Waals surface area contributed by atoms with Gasteiger partial charge >= 0.3 is 0 Å². The number of hydrogen-bond donors (Lipinski definition) is 0. The van der Waals surface area contributed by atoms with Crippen molar-refractivity contribution in [3.63, 3.8) is 0 Å². The lowest BCUT2D eigenvalue weighted by molar-refractivity contribution is 0.419. The van der Waals surface area contributed by atoms with Gasteiger partial charge in [-0.15, -0.1) is 5.73 Å². The Balaban J connectivity index is 3.68. The molecule has 0 aliphatic heterocycles. The largest absolute Gasteiger partial charge is 0.372 e. The van der Waals surface area contributed by atoms with E-state index in [0.29, 0.717) is 0 Å². The van der Waals surface area contributed by atoms with Gasteiger partial charge in [0.15, 0.2) is 0 Å². The Bertz CT molecular complexity index is 128. The van der Waals surface area contributed by atoms with Gasteiger partial charge in [0.05, 0.1) is 0 Å². The summed E-state index contributed by atoms with van der Waals surface area (Å²) in [6.07, 6.45) is 6.48. The number of rotatable bonds is 5. The van der Waals surface area contributed by atoms with Crippen molar-refractivity contribution in [3.8, 4) is 0 Å². The van der Waals surface area contributed by atoms with Crippen molar-refractivity contribution in [1.29, 1.82) is 0 Å². The average Bonchev–Trinajstić information content (AvgIpc) is 2.05. The van der Waals surface area contributed by atoms with E-state index in [-0.39, 0.29) is 0 Å². The smallest absolute Gasteiger partial charge is 0.0420 e. The Morgan fingerprint density at radius 2 is 1.82 bits per heavy atom. The predicted octanol–water partition coefficient (Wildman–Crippen LogP) is 2.80. The Hall–Kier alpha value is -0.680. The molecule has 0 aromatic heterocycles. The van der Waals surface area contributed by atoms with Gasteiger partial charge in [0, 0.05) is 19.3 Å². The van der Waals surface area contributed by atoms with Crippen LogP contribution >= 0.6 is 0 Å². The predicted molar refractivity (Wildman–Crippen MR) is 50.5 cm³/mol. The van der Waals surface area contributed by atoms with Crippen molar-refractivity contribution in [2.45, 2.75) is 33.6 Å². The maximum absolute atomic E-state index is 3.16. The molecule has 1 heteroatoms. The molecule has 0 saturated carbocycles. The third-order valence-corrected chi connectivity index (χ3v) is 1.62. The van der Waals surface area contributed by atoms with E-state index < -0.39 is 0 Å².